The summed E-state index contributed by atoms with van der Waals surface area (Å²) in [5.41, 5.74) is 1.68. The molecule has 5 heteroatoms. The first-order valence-corrected chi connectivity index (χ1v) is 8.68. The zero-order chi connectivity index (χ0) is 17.1. The Bertz CT molecular complexity index is 762. The number of halogens is 1. The molecule has 0 saturated carbocycles. The number of thiophene rings is 1. The van der Waals surface area contributed by atoms with Gasteiger partial charge in [-0.1, -0.05) is 18.2 Å². The molecule has 0 unspecified atom stereocenters. The number of hydrogen-bond acceptors (Lipinski definition) is 4. The van der Waals surface area contributed by atoms with E-state index in [4.69, 9.17) is 4.74 Å². The van der Waals surface area contributed by atoms with Gasteiger partial charge in [0.1, 0.15) is 11.7 Å². The number of rotatable bonds is 4. The van der Waals surface area contributed by atoms with E-state index in [2.05, 4.69) is 0 Å². The fraction of sp³-hybridized carbons (Fsp3) is 0.263. The van der Waals surface area contributed by atoms with E-state index in [0.29, 0.717) is 6.42 Å². The fourth-order valence-corrected chi connectivity index (χ4v) is 3.79. The Morgan fingerprint density at radius 1 is 1.29 bits per heavy atom. The molecular formula is C19H17FO3S. The third-order valence-corrected chi connectivity index (χ3v) is 5.09. The standard InChI is InChI=1S/C19H17FO3S/c1-2-23-19(22)18-15(12-5-7-14(20)8-6-12)10-13(11-16(18)21)17-4-3-9-24-17/h3-9,11,15,18H,2,10H2,1H3/t15-,18+/m0/s1. The van der Waals surface area contributed by atoms with E-state index in [9.17, 15) is 14.0 Å². The van der Waals surface area contributed by atoms with Crippen molar-refractivity contribution >= 4 is 28.7 Å². The zero-order valence-electron chi connectivity index (χ0n) is 13.2. The highest BCUT2D eigenvalue weighted by Gasteiger charge is 2.39. The van der Waals surface area contributed by atoms with Gasteiger partial charge in [0.15, 0.2) is 5.78 Å². The summed E-state index contributed by atoms with van der Waals surface area (Å²) in [5, 5.41) is 1.95. The van der Waals surface area contributed by atoms with Crippen molar-refractivity contribution in [1.29, 1.82) is 0 Å². The third-order valence-electron chi connectivity index (χ3n) is 4.14. The van der Waals surface area contributed by atoms with Crippen LogP contribution in [0.15, 0.2) is 47.9 Å². The van der Waals surface area contributed by atoms with Crippen molar-refractivity contribution < 1.29 is 18.7 Å². The van der Waals surface area contributed by atoms with Gasteiger partial charge in [-0.15, -0.1) is 11.3 Å². The molecule has 2 aromatic rings. The summed E-state index contributed by atoms with van der Waals surface area (Å²) in [6.45, 7) is 1.94. The molecule has 1 aliphatic carbocycles. The molecule has 0 aliphatic heterocycles. The molecule has 3 rings (SSSR count). The number of hydrogen-bond donors (Lipinski definition) is 0. The van der Waals surface area contributed by atoms with Crippen LogP contribution in [0.5, 0.6) is 0 Å². The molecule has 124 valence electrons. The molecular weight excluding hydrogens is 327 g/mol. The van der Waals surface area contributed by atoms with Crippen LogP contribution in [0.25, 0.3) is 5.57 Å². The van der Waals surface area contributed by atoms with E-state index < -0.39 is 11.9 Å². The first kappa shape index (κ1) is 16.6. The van der Waals surface area contributed by atoms with E-state index >= 15 is 0 Å². The predicted molar refractivity (Wildman–Crippen MR) is 91.2 cm³/mol. The van der Waals surface area contributed by atoms with Crippen LogP contribution in [0.4, 0.5) is 4.39 Å². The molecule has 0 spiro atoms. The maximum atomic E-state index is 13.2. The quantitative estimate of drug-likeness (QED) is 0.616. The Morgan fingerprint density at radius 3 is 2.67 bits per heavy atom. The Balaban J connectivity index is 2.00. The molecule has 0 radical (unpaired) electrons. The van der Waals surface area contributed by atoms with Gasteiger partial charge >= 0.3 is 5.97 Å². The molecule has 0 saturated heterocycles. The fourth-order valence-electron chi connectivity index (χ4n) is 3.04. The number of carbonyl (C=O) groups excluding carboxylic acids is 2. The largest absolute Gasteiger partial charge is 0.465 e. The summed E-state index contributed by atoms with van der Waals surface area (Å²) in [6, 6.07) is 9.86. The average Bonchev–Trinajstić information content (AvgIpc) is 3.09. The number of allylic oxidation sites excluding steroid dienone is 2. The van der Waals surface area contributed by atoms with Gasteiger partial charge in [-0.3, -0.25) is 9.59 Å². The average molecular weight is 344 g/mol. The molecule has 0 bridgehead atoms. The van der Waals surface area contributed by atoms with Crippen molar-refractivity contribution in [3.8, 4) is 0 Å². The number of ketones is 1. The molecule has 0 fully saturated rings. The number of carbonyl (C=O) groups is 2. The normalized spacial score (nSPS) is 20.6. The zero-order valence-corrected chi connectivity index (χ0v) is 14.0. The van der Waals surface area contributed by atoms with Crippen molar-refractivity contribution in [2.24, 2.45) is 5.92 Å². The summed E-state index contributed by atoms with van der Waals surface area (Å²) in [4.78, 5) is 25.9. The number of ether oxygens (including phenoxy) is 1. The lowest BCUT2D eigenvalue weighted by Crippen LogP contribution is -2.33. The maximum Gasteiger partial charge on any atom is 0.317 e. The van der Waals surface area contributed by atoms with Crippen LogP contribution in [0.3, 0.4) is 0 Å². The van der Waals surface area contributed by atoms with Crippen molar-refractivity contribution in [2.75, 3.05) is 6.61 Å². The van der Waals surface area contributed by atoms with Gasteiger partial charge in [-0.05, 0) is 54.1 Å². The minimum Gasteiger partial charge on any atom is -0.465 e. The topological polar surface area (TPSA) is 43.4 Å². The number of benzene rings is 1. The second kappa shape index (κ2) is 7.09. The lowest BCUT2D eigenvalue weighted by Gasteiger charge is -2.29. The van der Waals surface area contributed by atoms with Crippen LogP contribution in [0.2, 0.25) is 0 Å². The van der Waals surface area contributed by atoms with Gasteiger partial charge in [-0.25, -0.2) is 4.39 Å². The highest BCUT2D eigenvalue weighted by molar-refractivity contribution is 7.11. The van der Waals surface area contributed by atoms with Gasteiger partial charge in [0.05, 0.1) is 6.61 Å². The van der Waals surface area contributed by atoms with Crippen LogP contribution in [-0.2, 0) is 14.3 Å². The Hall–Kier alpha value is -2.27. The Labute approximate surface area is 143 Å². The van der Waals surface area contributed by atoms with Gasteiger partial charge < -0.3 is 4.74 Å². The van der Waals surface area contributed by atoms with Crippen LogP contribution in [-0.4, -0.2) is 18.4 Å². The number of esters is 1. The van der Waals surface area contributed by atoms with Crippen molar-refractivity contribution in [1.82, 2.24) is 0 Å². The summed E-state index contributed by atoms with van der Waals surface area (Å²) >= 11 is 1.55. The molecule has 1 aromatic heterocycles. The van der Waals surface area contributed by atoms with E-state index in [-0.39, 0.29) is 24.1 Å². The molecule has 1 aliphatic rings. The van der Waals surface area contributed by atoms with Crippen molar-refractivity contribution in [3.05, 3.63) is 64.1 Å². The highest BCUT2D eigenvalue weighted by atomic mass is 32.1. The molecule has 0 N–H and O–H groups in total. The lowest BCUT2D eigenvalue weighted by atomic mass is 9.74. The van der Waals surface area contributed by atoms with E-state index in [1.54, 1.807) is 36.5 Å². The third kappa shape index (κ3) is 3.31. The summed E-state index contributed by atoms with van der Waals surface area (Å²) < 4.78 is 18.3. The summed E-state index contributed by atoms with van der Waals surface area (Å²) in [7, 11) is 0. The van der Waals surface area contributed by atoms with Gasteiger partial charge in [0, 0.05) is 10.8 Å². The minimum absolute atomic E-state index is 0.222. The Kier molecular flexibility index (Phi) is 4.90. The molecule has 3 nitrogen and oxygen atoms in total. The molecule has 24 heavy (non-hydrogen) atoms. The van der Waals surface area contributed by atoms with Crippen LogP contribution in [0, 0.1) is 11.7 Å². The van der Waals surface area contributed by atoms with Crippen LogP contribution < -0.4 is 0 Å². The molecule has 0 amide bonds. The van der Waals surface area contributed by atoms with Crippen molar-refractivity contribution in [3.63, 3.8) is 0 Å². The smallest absolute Gasteiger partial charge is 0.317 e. The van der Waals surface area contributed by atoms with Crippen LogP contribution in [0.1, 0.15) is 29.7 Å². The predicted octanol–water partition coefficient (Wildman–Crippen LogP) is 4.21. The Morgan fingerprint density at radius 2 is 2.04 bits per heavy atom. The molecule has 1 aromatic carbocycles. The summed E-state index contributed by atoms with van der Waals surface area (Å²) in [6.07, 6.45) is 2.09. The second-order valence-electron chi connectivity index (χ2n) is 5.64. The van der Waals surface area contributed by atoms with Crippen molar-refractivity contribution in [2.45, 2.75) is 19.3 Å². The highest BCUT2D eigenvalue weighted by Crippen LogP contribution is 2.41. The molecule has 1 heterocycles. The van der Waals surface area contributed by atoms with Gasteiger partial charge in [-0.2, -0.15) is 0 Å². The first-order valence-electron chi connectivity index (χ1n) is 7.80. The van der Waals surface area contributed by atoms with E-state index in [1.807, 2.05) is 17.5 Å². The van der Waals surface area contributed by atoms with Crippen LogP contribution >= 0.6 is 11.3 Å². The van der Waals surface area contributed by atoms with Gasteiger partial charge in [0.2, 0.25) is 0 Å². The second-order valence-corrected chi connectivity index (χ2v) is 6.59. The minimum atomic E-state index is -0.876. The van der Waals surface area contributed by atoms with E-state index in [0.717, 1.165) is 16.0 Å². The lowest BCUT2D eigenvalue weighted by molar-refractivity contribution is -0.151. The molecule has 2 atom stereocenters. The maximum absolute atomic E-state index is 13.2. The van der Waals surface area contributed by atoms with E-state index in [1.165, 1.54) is 12.1 Å². The SMILES string of the molecule is CCOC(=O)[C@H]1C(=O)C=C(c2cccs2)C[C@H]1c1ccc(F)cc1. The first-order chi connectivity index (χ1) is 11.6. The summed E-state index contributed by atoms with van der Waals surface area (Å²) in [5.74, 6) is -2.34. The monoisotopic (exact) mass is 344 g/mol. The van der Waals surface area contributed by atoms with Gasteiger partial charge in [0.25, 0.3) is 0 Å².